The van der Waals surface area contributed by atoms with E-state index < -0.39 is 0 Å². The van der Waals surface area contributed by atoms with Crippen molar-refractivity contribution in [3.8, 4) is 5.75 Å². The molecule has 0 aliphatic carbocycles. The van der Waals surface area contributed by atoms with Gasteiger partial charge in [0.25, 0.3) is 0 Å². The molecule has 0 radical (unpaired) electrons. The van der Waals surface area contributed by atoms with Gasteiger partial charge < -0.3 is 9.26 Å². The van der Waals surface area contributed by atoms with Gasteiger partial charge in [-0.15, -0.1) is 0 Å². The number of fused-ring (bicyclic) bond motifs is 1. The largest absolute Gasteiger partial charge is 0.496 e. The van der Waals surface area contributed by atoms with E-state index in [2.05, 4.69) is 21.1 Å². The second-order valence-corrected chi connectivity index (χ2v) is 3.66. The number of halogens is 1. The highest BCUT2D eigenvalue weighted by Crippen LogP contribution is 2.31. The summed E-state index contributed by atoms with van der Waals surface area (Å²) in [5, 5.41) is 4.81. The van der Waals surface area contributed by atoms with Crippen LogP contribution < -0.4 is 4.74 Å². The van der Waals surface area contributed by atoms with Crippen LogP contribution in [0.5, 0.6) is 5.75 Å². The van der Waals surface area contributed by atoms with E-state index in [4.69, 9.17) is 9.26 Å². The maximum absolute atomic E-state index is 5.22. The van der Waals surface area contributed by atoms with Crippen LogP contribution in [0.1, 0.15) is 5.69 Å². The van der Waals surface area contributed by atoms with E-state index in [0.29, 0.717) is 0 Å². The van der Waals surface area contributed by atoms with Gasteiger partial charge in [-0.05, 0) is 19.1 Å². The SMILES string of the molecule is COc1cc(Br)cc2onc(C)c12. The molecule has 0 aliphatic heterocycles. The lowest BCUT2D eigenvalue weighted by Gasteiger charge is -2.01. The minimum Gasteiger partial charge on any atom is -0.496 e. The molecule has 2 rings (SSSR count). The maximum Gasteiger partial charge on any atom is 0.172 e. The first-order valence-electron chi connectivity index (χ1n) is 3.82. The van der Waals surface area contributed by atoms with Gasteiger partial charge in [-0.2, -0.15) is 0 Å². The maximum atomic E-state index is 5.22. The van der Waals surface area contributed by atoms with E-state index in [9.17, 15) is 0 Å². The number of methoxy groups -OCH3 is 1. The first-order chi connectivity index (χ1) is 6.22. The van der Waals surface area contributed by atoms with Crippen LogP contribution in [0.25, 0.3) is 11.0 Å². The Bertz CT molecular complexity index is 450. The summed E-state index contributed by atoms with van der Waals surface area (Å²) in [6.07, 6.45) is 0. The lowest BCUT2D eigenvalue weighted by Crippen LogP contribution is -1.84. The van der Waals surface area contributed by atoms with Crippen molar-refractivity contribution in [2.45, 2.75) is 6.92 Å². The van der Waals surface area contributed by atoms with E-state index in [1.165, 1.54) is 0 Å². The second-order valence-electron chi connectivity index (χ2n) is 2.75. The molecule has 1 heterocycles. The van der Waals surface area contributed by atoms with Gasteiger partial charge in [0.15, 0.2) is 5.58 Å². The van der Waals surface area contributed by atoms with Crippen LogP contribution in [-0.2, 0) is 0 Å². The van der Waals surface area contributed by atoms with E-state index in [-0.39, 0.29) is 0 Å². The molecule has 0 bridgehead atoms. The van der Waals surface area contributed by atoms with Crippen LogP contribution in [0.2, 0.25) is 0 Å². The molecule has 0 unspecified atom stereocenters. The number of hydrogen-bond acceptors (Lipinski definition) is 3. The average molecular weight is 242 g/mol. The molecule has 0 spiro atoms. The number of hydrogen-bond donors (Lipinski definition) is 0. The normalized spacial score (nSPS) is 10.7. The number of benzene rings is 1. The van der Waals surface area contributed by atoms with Gasteiger partial charge in [-0.3, -0.25) is 0 Å². The molecule has 4 heteroatoms. The number of rotatable bonds is 1. The molecule has 2 aromatic rings. The van der Waals surface area contributed by atoms with Crippen molar-refractivity contribution >= 4 is 26.9 Å². The fourth-order valence-corrected chi connectivity index (χ4v) is 1.73. The van der Waals surface area contributed by atoms with Crippen LogP contribution >= 0.6 is 15.9 Å². The van der Waals surface area contributed by atoms with E-state index in [1.54, 1.807) is 7.11 Å². The number of aromatic nitrogens is 1. The van der Waals surface area contributed by atoms with Crippen LogP contribution in [-0.4, -0.2) is 12.3 Å². The Labute approximate surface area is 83.8 Å². The van der Waals surface area contributed by atoms with Gasteiger partial charge in [0.05, 0.1) is 18.2 Å². The van der Waals surface area contributed by atoms with Gasteiger partial charge in [-0.1, -0.05) is 21.1 Å². The molecule has 0 amide bonds. The molecule has 3 nitrogen and oxygen atoms in total. The van der Waals surface area contributed by atoms with E-state index >= 15 is 0 Å². The lowest BCUT2D eigenvalue weighted by atomic mass is 10.2. The van der Waals surface area contributed by atoms with Gasteiger partial charge in [0.1, 0.15) is 5.75 Å². The zero-order valence-electron chi connectivity index (χ0n) is 7.30. The third kappa shape index (κ3) is 1.31. The molecule has 13 heavy (non-hydrogen) atoms. The highest BCUT2D eigenvalue weighted by molar-refractivity contribution is 9.10. The quantitative estimate of drug-likeness (QED) is 0.771. The van der Waals surface area contributed by atoms with Crippen molar-refractivity contribution in [2.24, 2.45) is 0 Å². The molecule has 0 saturated heterocycles. The number of aryl methyl sites for hydroxylation is 1. The lowest BCUT2D eigenvalue weighted by molar-refractivity contribution is 0.419. The molecule has 0 aliphatic rings. The van der Waals surface area contributed by atoms with Crippen molar-refractivity contribution in [1.82, 2.24) is 5.16 Å². The molecule has 0 saturated carbocycles. The molecular weight excluding hydrogens is 234 g/mol. The Morgan fingerprint density at radius 3 is 2.92 bits per heavy atom. The van der Waals surface area contributed by atoms with Crippen LogP contribution in [0, 0.1) is 6.92 Å². The fraction of sp³-hybridized carbons (Fsp3) is 0.222. The van der Waals surface area contributed by atoms with Gasteiger partial charge in [-0.25, -0.2) is 0 Å². The van der Waals surface area contributed by atoms with Crippen molar-refractivity contribution in [3.05, 3.63) is 22.3 Å². The molecular formula is C9H8BrNO2. The molecule has 0 atom stereocenters. The smallest absolute Gasteiger partial charge is 0.172 e. The fourth-order valence-electron chi connectivity index (χ4n) is 1.31. The summed E-state index contributed by atoms with van der Waals surface area (Å²) in [6, 6.07) is 3.77. The van der Waals surface area contributed by atoms with Crippen molar-refractivity contribution in [2.75, 3.05) is 7.11 Å². The third-order valence-corrected chi connectivity index (χ3v) is 2.35. The summed E-state index contributed by atoms with van der Waals surface area (Å²) < 4.78 is 11.3. The van der Waals surface area contributed by atoms with Crippen molar-refractivity contribution in [1.29, 1.82) is 0 Å². The minimum atomic E-state index is 0.740. The molecule has 0 N–H and O–H groups in total. The van der Waals surface area contributed by atoms with Gasteiger partial charge in [0.2, 0.25) is 0 Å². The molecule has 1 aromatic heterocycles. The monoisotopic (exact) mass is 241 g/mol. The summed E-state index contributed by atoms with van der Waals surface area (Å²) in [5.74, 6) is 0.781. The van der Waals surface area contributed by atoms with E-state index in [1.807, 2.05) is 19.1 Å². The second kappa shape index (κ2) is 3.03. The van der Waals surface area contributed by atoms with Crippen LogP contribution in [0.15, 0.2) is 21.1 Å². The number of ether oxygens (including phenoxy) is 1. The Morgan fingerprint density at radius 2 is 2.23 bits per heavy atom. The summed E-state index contributed by atoms with van der Waals surface area (Å²) in [6.45, 7) is 1.89. The van der Waals surface area contributed by atoms with Gasteiger partial charge in [0, 0.05) is 4.47 Å². The predicted molar refractivity (Wildman–Crippen MR) is 53.0 cm³/mol. The van der Waals surface area contributed by atoms with Crippen molar-refractivity contribution in [3.63, 3.8) is 0 Å². The van der Waals surface area contributed by atoms with Crippen molar-refractivity contribution < 1.29 is 9.26 Å². The summed E-state index contributed by atoms with van der Waals surface area (Å²) in [7, 11) is 1.63. The number of nitrogens with zero attached hydrogens (tertiary/aromatic N) is 1. The van der Waals surface area contributed by atoms with Gasteiger partial charge >= 0.3 is 0 Å². The minimum absolute atomic E-state index is 0.740. The summed E-state index contributed by atoms with van der Waals surface area (Å²) in [5.41, 5.74) is 1.59. The summed E-state index contributed by atoms with van der Waals surface area (Å²) >= 11 is 3.37. The zero-order chi connectivity index (χ0) is 9.42. The first kappa shape index (κ1) is 8.56. The molecule has 0 fully saturated rings. The highest BCUT2D eigenvalue weighted by Gasteiger charge is 2.10. The Kier molecular flexibility index (Phi) is 2.00. The standard InChI is InChI=1S/C9H8BrNO2/c1-5-9-7(12-2)3-6(10)4-8(9)13-11-5/h3-4H,1-2H3. The van der Waals surface area contributed by atoms with Crippen LogP contribution in [0.3, 0.4) is 0 Å². The highest BCUT2D eigenvalue weighted by atomic mass is 79.9. The Balaban J connectivity index is 2.85. The summed E-state index contributed by atoms with van der Waals surface area (Å²) in [4.78, 5) is 0. The average Bonchev–Trinajstić information content (AvgIpc) is 2.46. The Hall–Kier alpha value is -1.03. The van der Waals surface area contributed by atoms with E-state index in [0.717, 1.165) is 26.9 Å². The third-order valence-electron chi connectivity index (χ3n) is 1.89. The molecule has 68 valence electrons. The Morgan fingerprint density at radius 1 is 1.46 bits per heavy atom. The van der Waals surface area contributed by atoms with Crippen LogP contribution in [0.4, 0.5) is 0 Å². The predicted octanol–water partition coefficient (Wildman–Crippen LogP) is 2.91. The first-order valence-corrected chi connectivity index (χ1v) is 4.61. The zero-order valence-corrected chi connectivity index (χ0v) is 8.88. The molecule has 1 aromatic carbocycles. The topological polar surface area (TPSA) is 35.3 Å².